The molecule has 0 saturated carbocycles. The van der Waals surface area contributed by atoms with Gasteiger partial charge in [0.1, 0.15) is 5.75 Å². The summed E-state index contributed by atoms with van der Waals surface area (Å²) < 4.78 is 5.99. The van der Waals surface area contributed by atoms with Crippen molar-refractivity contribution < 1.29 is 9.53 Å². The van der Waals surface area contributed by atoms with Crippen LogP contribution >= 0.6 is 0 Å². The molecule has 0 bridgehead atoms. The molecule has 1 aliphatic carbocycles. The highest BCUT2D eigenvalue weighted by atomic mass is 16.5. The molecule has 1 heterocycles. The summed E-state index contributed by atoms with van der Waals surface area (Å²) in [7, 11) is 0. The van der Waals surface area contributed by atoms with Gasteiger partial charge in [0, 0.05) is 13.1 Å². The summed E-state index contributed by atoms with van der Waals surface area (Å²) in [5, 5.41) is 0. The van der Waals surface area contributed by atoms with Gasteiger partial charge in [-0.2, -0.15) is 0 Å². The number of ether oxygens (including phenoxy) is 1. The highest BCUT2D eigenvalue weighted by molar-refractivity contribution is 5.81. The first kappa shape index (κ1) is 16.2. The molecule has 0 spiro atoms. The van der Waals surface area contributed by atoms with Crippen molar-refractivity contribution in [2.45, 2.75) is 51.7 Å². The van der Waals surface area contributed by atoms with Crippen LogP contribution in [0.15, 0.2) is 42.5 Å². The maximum Gasteiger partial charge on any atom is 0.263 e. The van der Waals surface area contributed by atoms with Crippen LogP contribution in [0.4, 0.5) is 0 Å². The Hall–Kier alpha value is -2.29. The quantitative estimate of drug-likeness (QED) is 0.851. The first-order chi connectivity index (χ1) is 12.2. The molecule has 1 amide bonds. The summed E-state index contributed by atoms with van der Waals surface area (Å²) in [5.41, 5.74) is 5.43. The predicted octanol–water partition coefficient (Wildman–Crippen LogP) is 3.92. The van der Waals surface area contributed by atoms with Gasteiger partial charge in [-0.05, 0) is 73.4 Å². The lowest BCUT2D eigenvalue weighted by molar-refractivity contribution is -0.138. The molecule has 3 heteroatoms. The van der Waals surface area contributed by atoms with Gasteiger partial charge < -0.3 is 9.64 Å². The maximum absolute atomic E-state index is 12.8. The van der Waals surface area contributed by atoms with Gasteiger partial charge in [0.2, 0.25) is 0 Å². The number of hydrogen-bond donors (Lipinski definition) is 0. The van der Waals surface area contributed by atoms with Gasteiger partial charge in [-0.1, -0.05) is 30.3 Å². The summed E-state index contributed by atoms with van der Waals surface area (Å²) in [6.07, 6.45) is 5.28. The van der Waals surface area contributed by atoms with Crippen LogP contribution in [-0.4, -0.2) is 23.5 Å². The lowest BCUT2D eigenvalue weighted by Crippen LogP contribution is -2.43. The van der Waals surface area contributed by atoms with Crippen LogP contribution in [0.1, 0.15) is 42.0 Å². The molecule has 0 saturated heterocycles. The molecule has 0 N–H and O–H groups in total. The van der Waals surface area contributed by atoms with Gasteiger partial charge in [0.05, 0.1) is 0 Å². The standard InChI is InChI=1S/C22H25NO2/c1-16(25-21-11-10-17-6-2-4-8-19(17)14-21)22(24)23-13-12-18-7-3-5-9-20(18)15-23/h3,5,7,9-11,14,16H,2,4,6,8,12-13,15H2,1H3/t16-/m1/s1. The van der Waals surface area contributed by atoms with E-state index in [4.69, 9.17) is 4.74 Å². The Labute approximate surface area is 149 Å². The summed E-state index contributed by atoms with van der Waals surface area (Å²) >= 11 is 0. The van der Waals surface area contributed by atoms with Crippen LogP contribution in [-0.2, 0) is 30.6 Å². The average Bonchev–Trinajstić information content (AvgIpc) is 2.67. The van der Waals surface area contributed by atoms with E-state index in [1.54, 1.807) is 0 Å². The van der Waals surface area contributed by atoms with E-state index in [-0.39, 0.29) is 5.91 Å². The van der Waals surface area contributed by atoms with E-state index in [9.17, 15) is 4.79 Å². The number of aryl methyl sites for hydroxylation is 2. The molecule has 4 rings (SSSR count). The normalized spacial score (nSPS) is 17.4. The molecule has 0 radical (unpaired) electrons. The minimum Gasteiger partial charge on any atom is -0.481 e. The molecule has 1 aliphatic heterocycles. The Morgan fingerprint density at radius 1 is 0.960 bits per heavy atom. The number of benzene rings is 2. The topological polar surface area (TPSA) is 29.5 Å². The summed E-state index contributed by atoms with van der Waals surface area (Å²) in [4.78, 5) is 14.7. The van der Waals surface area contributed by atoms with Crippen LogP contribution in [0, 0.1) is 0 Å². The molecule has 2 aromatic rings. The van der Waals surface area contributed by atoms with Gasteiger partial charge in [0.15, 0.2) is 6.10 Å². The zero-order chi connectivity index (χ0) is 17.2. The van der Waals surface area contributed by atoms with Crippen molar-refractivity contribution in [3.8, 4) is 5.75 Å². The molecule has 1 atom stereocenters. The van der Waals surface area contributed by atoms with Crippen molar-refractivity contribution in [3.63, 3.8) is 0 Å². The molecule has 0 fully saturated rings. The van der Waals surface area contributed by atoms with Crippen LogP contribution in [0.25, 0.3) is 0 Å². The number of carbonyl (C=O) groups excluding carboxylic acids is 1. The lowest BCUT2D eigenvalue weighted by atomic mass is 9.92. The number of hydrogen-bond acceptors (Lipinski definition) is 2. The largest absolute Gasteiger partial charge is 0.481 e. The monoisotopic (exact) mass is 335 g/mol. The van der Waals surface area contributed by atoms with E-state index in [1.165, 1.54) is 35.1 Å². The smallest absolute Gasteiger partial charge is 0.263 e. The van der Waals surface area contributed by atoms with E-state index in [1.807, 2.05) is 24.0 Å². The first-order valence-electron chi connectivity index (χ1n) is 9.35. The van der Waals surface area contributed by atoms with Crippen molar-refractivity contribution in [1.29, 1.82) is 0 Å². The Morgan fingerprint density at radius 3 is 2.52 bits per heavy atom. The van der Waals surface area contributed by atoms with Gasteiger partial charge in [-0.25, -0.2) is 0 Å². The van der Waals surface area contributed by atoms with Gasteiger partial charge >= 0.3 is 0 Å². The third kappa shape index (κ3) is 3.41. The molecule has 25 heavy (non-hydrogen) atoms. The molecular weight excluding hydrogens is 310 g/mol. The van der Waals surface area contributed by atoms with E-state index in [0.29, 0.717) is 6.54 Å². The summed E-state index contributed by atoms with van der Waals surface area (Å²) in [5.74, 6) is 0.895. The highest BCUT2D eigenvalue weighted by Gasteiger charge is 2.26. The van der Waals surface area contributed by atoms with Crippen LogP contribution in [0.5, 0.6) is 5.75 Å². The fourth-order valence-corrected chi connectivity index (χ4v) is 3.98. The average molecular weight is 335 g/mol. The SMILES string of the molecule is C[C@@H](Oc1ccc2c(c1)CCCC2)C(=O)N1CCc2ccccc2C1. The van der Waals surface area contributed by atoms with Crippen LogP contribution in [0.3, 0.4) is 0 Å². The zero-order valence-electron chi connectivity index (χ0n) is 14.8. The molecule has 0 unspecified atom stereocenters. The fourth-order valence-electron chi connectivity index (χ4n) is 3.98. The Balaban J connectivity index is 1.43. The Morgan fingerprint density at radius 2 is 1.68 bits per heavy atom. The van der Waals surface area contributed by atoms with Crippen LogP contribution < -0.4 is 4.74 Å². The number of fused-ring (bicyclic) bond motifs is 2. The zero-order valence-corrected chi connectivity index (χ0v) is 14.8. The van der Waals surface area contributed by atoms with E-state index >= 15 is 0 Å². The van der Waals surface area contributed by atoms with Crippen molar-refractivity contribution in [1.82, 2.24) is 4.90 Å². The lowest BCUT2D eigenvalue weighted by Gasteiger charge is -2.31. The van der Waals surface area contributed by atoms with Crippen molar-refractivity contribution >= 4 is 5.91 Å². The molecular formula is C22H25NO2. The molecule has 2 aromatic carbocycles. The molecule has 130 valence electrons. The number of rotatable bonds is 3. The molecule has 0 aromatic heterocycles. The summed E-state index contributed by atoms with van der Waals surface area (Å²) in [6, 6.07) is 14.7. The van der Waals surface area contributed by atoms with Crippen LogP contribution in [0.2, 0.25) is 0 Å². The van der Waals surface area contributed by atoms with E-state index in [2.05, 4.69) is 30.3 Å². The third-order valence-electron chi connectivity index (χ3n) is 5.42. The van der Waals surface area contributed by atoms with Crippen molar-refractivity contribution in [2.24, 2.45) is 0 Å². The van der Waals surface area contributed by atoms with E-state index in [0.717, 1.165) is 31.6 Å². The third-order valence-corrected chi connectivity index (χ3v) is 5.42. The van der Waals surface area contributed by atoms with Gasteiger partial charge in [-0.3, -0.25) is 4.79 Å². The molecule has 3 nitrogen and oxygen atoms in total. The van der Waals surface area contributed by atoms with Crippen molar-refractivity contribution in [3.05, 3.63) is 64.7 Å². The minimum atomic E-state index is -0.452. The Kier molecular flexibility index (Phi) is 4.48. The van der Waals surface area contributed by atoms with E-state index < -0.39 is 6.10 Å². The van der Waals surface area contributed by atoms with Gasteiger partial charge in [0.25, 0.3) is 5.91 Å². The Bertz CT molecular complexity index is 783. The number of carbonyl (C=O) groups is 1. The minimum absolute atomic E-state index is 0.0761. The first-order valence-corrected chi connectivity index (χ1v) is 9.35. The van der Waals surface area contributed by atoms with Crippen molar-refractivity contribution in [2.75, 3.05) is 6.54 Å². The number of nitrogens with zero attached hydrogens (tertiary/aromatic N) is 1. The summed E-state index contributed by atoms with van der Waals surface area (Å²) in [6.45, 7) is 3.32. The number of amides is 1. The fraction of sp³-hybridized carbons (Fsp3) is 0.409. The second-order valence-corrected chi connectivity index (χ2v) is 7.18. The van der Waals surface area contributed by atoms with Gasteiger partial charge in [-0.15, -0.1) is 0 Å². The predicted molar refractivity (Wildman–Crippen MR) is 98.7 cm³/mol. The molecule has 2 aliphatic rings. The second kappa shape index (κ2) is 6.91. The second-order valence-electron chi connectivity index (χ2n) is 7.18. The highest BCUT2D eigenvalue weighted by Crippen LogP contribution is 2.26. The maximum atomic E-state index is 12.8.